The van der Waals surface area contributed by atoms with Crippen molar-refractivity contribution < 1.29 is 14.7 Å². The number of benzene rings is 1. The van der Waals surface area contributed by atoms with Gasteiger partial charge in [-0.15, -0.1) is 0 Å². The summed E-state index contributed by atoms with van der Waals surface area (Å²) < 4.78 is 1.81. The number of carbonyl (C=O) groups excluding carboxylic acids is 1. The van der Waals surface area contributed by atoms with Crippen LogP contribution in [-0.4, -0.2) is 26.8 Å². The van der Waals surface area contributed by atoms with E-state index >= 15 is 0 Å². The molecular formula is C17H20ClN3O3. The Kier molecular flexibility index (Phi) is 5.29. The van der Waals surface area contributed by atoms with Crippen LogP contribution in [0, 0.1) is 19.8 Å². The van der Waals surface area contributed by atoms with Gasteiger partial charge in [0.15, 0.2) is 0 Å². The lowest BCUT2D eigenvalue weighted by molar-refractivity contribution is -0.119. The van der Waals surface area contributed by atoms with Crippen LogP contribution in [0.1, 0.15) is 34.2 Å². The quantitative estimate of drug-likeness (QED) is 0.868. The molecule has 0 spiro atoms. The number of halogens is 1. The molecule has 0 unspecified atom stereocenters. The van der Waals surface area contributed by atoms with E-state index in [-0.39, 0.29) is 22.4 Å². The average molecular weight is 350 g/mol. The molecule has 1 atom stereocenters. The standard InChI is InChI=1S/C17H20ClN3O3/c1-9(7-14-10(2)20-21(4)11(14)3)16(22)19-12-5-6-13(17(23)24)15(18)8-12/h5-6,8-9H,7H2,1-4H3,(H,19,22)(H,23,24)/t9-/m0/s1. The highest BCUT2D eigenvalue weighted by Crippen LogP contribution is 2.22. The number of rotatable bonds is 5. The molecule has 1 aromatic heterocycles. The van der Waals surface area contributed by atoms with E-state index in [1.54, 1.807) is 4.68 Å². The lowest BCUT2D eigenvalue weighted by atomic mass is 9.98. The number of carboxylic acid groups (broad SMARTS) is 1. The van der Waals surface area contributed by atoms with Crippen LogP contribution in [0.3, 0.4) is 0 Å². The fraction of sp³-hybridized carbons (Fsp3) is 0.353. The van der Waals surface area contributed by atoms with E-state index in [1.807, 2.05) is 27.8 Å². The Morgan fingerprint density at radius 2 is 2.04 bits per heavy atom. The Morgan fingerprint density at radius 3 is 2.54 bits per heavy atom. The van der Waals surface area contributed by atoms with E-state index in [2.05, 4.69) is 10.4 Å². The fourth-order valence-electron chi connectivity index (χ4n) is 2.54. The molecule has 0 aliphatic heterocycles. The Bertz CT molecular complexity index is 799. The number of nitrogens with zero attached hydrogens (tertiary/aromatic N) is 2. The summed E-state index contributed by atoms with van der Waals surface area (Å²) in [4.78, 5) is 23.3. The number of carboxylic acids is 1. The van der Waals surface area contributed by atoms with Crippen LogP contribution in [0.15, 0.2) is 18.2 Å². The topological polar surface area (TPSA) is 84.2 Å². The fourth-order valence-corrected chi connectivity index (χ4v) is 2.80. The van der Waals surface area contributed by atoms with Crippen LogP contribution in [0.25, 0.3) is 0 Å². The summed E-state index contributed by atoms with van der Waals surface area (Å²) in [5.41, 5.74) is 3.51. The highest BCUT2D eigenvalue weighted by Gasteiger charge is 2.19. The van der Waals surface area contributed by atoms with E-state index in [0.717, 1.165) is 17.0 Å². The van der Waals surface area contributed by atoms with Crippen LogP contribution in [0.5, 0.6) is 0 Å². The zero-order valence-electron chi connectivity index (χ0n) is 14.1. The van der Waals surface area contributed by atoms with E-state index in [1.165, 1.54) is 18.2 Å². The molecule has 2 N–H and O–H groups in total. The summed E-state index contributed by atoms with van der Waals surface area (Å²) in [6.45, 7) is 5.75. The van der Waals surface area contributed by atoms with Gasteiger partial charge in [0.2, 0.25) is 5.91 Å². The maximum atomic E-state index is 12.4. The monoisotopic (exact) mass is 349 g/mol. The number of hydrogen-bond donors (Lipinski definition) is 2. The van der Waals surface area contributed by atoms with Crippen molar-refractivity contribution in [3.63, 3.8) is 0 Å². The largest absolute Gasteiger partial charge is 0.478 e. The minimum absolute atomic E-state index is 0.00400. The molecule has 0 saturated carbocycles. The molecule has 0 bridgehead atoms. The van der Waals surface area contributed by atoms with Gasteiger partial charge in [-0.25, -0.2) is 4.79 Å². The van der Waals surface area contributed by atoms with Crippen molar-refractivity contribution in [3.8, 4) is 0 Å². The Balaban J connectivity index is 2.09. The number of anilines is 1. The van der Waals surface area contributed by atoms with Crippen LogP contribution >= 0.6 is 11.6 Å². The minimum Gasteiger partial charge on any atom is -0.478 e. The SMILES string of the molecule is Cc1nn(C)c(C)c1C[C@H](C)C(=O)Nc1ccc(C(=O)O)c(Cl)c1. The van der Waals surface area contributed by atoms with Crippen molar-refractivity contribution in [2.75, 3.05) is 5.32 Å². The molecule has 1 heterocycles. The van der Waals surface area contributed by atoms with E-state index in [0.29, 0.717) is 12.1 Å². The van der Waals surface area contributed by atoms with Crippen molar-refractivity contribution in [2.45, 2.75) is 27.2 Å². The number of carbonyl (C=O) groups is 2. The second kappa shape index (κ2) is 7.05. The summed E-state index contributed by atoms with van der Waals surface area (Å²) in [7, 11) is 1.88. The lowest BCUT2D eigenvalue weighted by Gasteiger charge is -2.13. The predicted molar refractivity (Wildman–Crippen MR) is 92.6 cm³/mol. The first kappa shape index (κ1) is 18.0. The molecule has 2 rings (SSSR count). The van der Waals surface area contributed by atoms with Crippen molar-refractivity contribution in [3.05, 3.63) is 45.7 Å². The molecule has 7 heteroatoms. The normalized spacial score (nSPS) is 12.0. The zero-order valence-corrected chi connectivity index (χ0v) is 14.8. The second-order valence-electron chi connectivity index (χ2n) is 5.87. The summed E-state index contributed by atoms with van der Waals surface area (Å²) in [6, 6.07) is 4.34. The minimum atomic E-state index is -1.10. The number of aryl methyl sites for hydroxylation is 2. The van der Waals surface area contributed by atoms with E-state index in [4.69, 9.17) is 16.7 Å². The predicted octanol–water partition coefficient (Wildman–Crippen LogP) is 3.21. The molecule has 0 aliphatic carbocycles. The third kappa shape index (κ3) is 3.76. The second-order valence-corrected chi connectivity index (χ2v) is 6.27. The highest BCUT2D eigenvalue weighted by atomic mass is 35.5. The van der Waals surface area contributed by atoms with Gasteiger partial charge in [-0.2, -0.15) is 5.10 Å². The zero-order chi connectivity index (χ0) is 18.0. The molecule has 1 amide bonds. The van der Waals surface area contributed by atoms with Crippen molar-refractivity contribution in [2.24, 2.45) is 13.0 Å². The van der Waals surface area contributed by atoms with Gasteiger partial charge in [-0.05, 0) is 44.0 Å². The molecule has 6 nitrogen and oxygen atoms in total. The van der Waals surface area contributed by atoms with Crippen LogP contribution in [0.4, 0.5) is 5.69 Å². The van der Waals surface area contributed by atoms with Crippen LogP contribution in [-0.2, 0) is 18.3 Å². The molecule has 0 saturated heterocycles. The first-order valence-corrected chi connectivity index (χ1v) is 7.91. The molecule has 0 radical (unpaired) electrons. The third-order valence-corrected chi connectivity index (χ3v) is 4.40. The van der Waals surface area contributed by atoms with Crippen molar-refractivity contribution in [1.29, 1.82) is 0 Å². The highest BCUT2D eigenvalue weighted by molar-refractivity contribution is 6.33. The maximum absolute atomic E-state index is 12.4. The molecule has 24 heavy (non-hydrogen) atoms. The van der Waals surface area contributed by atoms with Gasteiger partial charge < -0.3 is 10.4 Å². The molecular weight excluding hydrogens is 330 g/mol. The number of aromatic carboxylic acids is 1. The number of amides is 1. The number of nitrogens with one attached hydrogen (secondary N) is 1. The summed E-state index contributed by atoms with van der Waals surface area (Å²) in [5.74, 6) is -1.52. The van der Waals surface area contributed by atoms with Crippen LogP contribution in [0.2, 0.25) is 5.02 Å². The number of aromatic nitrogens is 2. The molecule has 2 aromatic rings. The molecule has 1 aromatic carbocycles. The van der Waals surface area contributed by atoms with E-state index < -0.39 is 5.97 Å². The summed E-state index contributed by atoms with van der Waals surface area (Å²) in [5, 5.41) is 16.2. The van der Waals surface area contributed by atoms with Gasteiger partial charge in [-0.3, -0.25) is 9.48 Å². The van der Waals surface area contributed by atoms with Gasteiger partial charge in [0.1, 0.15) is 0 Å². The lowest BCUT2D eigenvalue weighted by Crippen LogP contribution is -2.22. The first-order chi connectivity index (χ1) is 11.2. The smallest absolute Gasteiger partial charge is 0.337 e. The average Bonchev–Trinajstić information content (AvgIpc) is 2.73. The van der Waals surface area contributed by atoms with E-state index in [9.17, 15) is 9.59 Å². The van der Waals surface area contributed by atoms with Crippen molar-refractivity contribution in [1.82, 2.24) is 9.78 Å². The third-order valence-electron chi connectivity index (χ3n) is 4.08. The summed E-state index contributed by atoms with van der Waals surface area (Å²) >= 11 is 5.92. The Labute approximate surface area is 145 Å². The van der Waals surface area contributed by atoms with Crippen molar-refractivity contribution >= 4 is 29.2 Å². The first-order valence-electron chi connectivity index (χ1n) is 7.53. The van der Waals surface area contributed by atoms with Crippen LogP contribution < -0.4 is 5.32 Å². The number of hydrogen-bond acceptors (Lipinski definition) is 3. The maximum Gasteiger partial charge on any atom is 0.337 e. The molecule has 128 valence electrons. The van der Waals surface area contributed by atoms with Gasteiger partial charge in [-0.1, -0.05) is 18.5 Å². The Morgan fingerprint density at radius 1 is 1.38 bits per heavy atom. The molecule has 0 fully saturated rings. The van der Waals surface area contributed by atoms with Gasteiger partial charge in [0.25, 0.3) is 0 Å². The Hall–Kier alpha value is -2.34. The molecule has 0 aliphatic rings. The van der Waals surface area contributed by atoms with Gasteiger partial charge in [0, 0.05) is 24.3 Å². The van der Waals surface area contributed by atoms with Gasteiger partial charge >= 0.3 is 5.97 Å². The van der Waals surface area contributed by atoms with Gasteiger partial charge in [0.05, 0.1) is 16.3 Å². The summed E-state index contributed by atoms with van der Waals surface area (Å²) in [6.07, 6.45) is 0.582.